The predicted molar refractivity (Wildman–Crippen MR) is 70.1 cm³/mol. The molecule has 0 aromatic heterocycles. The van der Waals surface area contributed by atoms with Crippen LogP contribution < -0.4 is 5.32 Å². The van der Waals surface area contributed by atoms with Crippen LogP contribution in [0.3, 0.4) is 0 Å². The number of hydrogen-bond acceptors (Lipinski definition) is 3. The summed E-state index contributed by atoms with van der Waals surface area (Å²) in [6.07, 6.45) is 2.63. The zero-order valence-electron chi connectivity index (χ0n) is 11.1. The Morgan fingerprint density at radius 1 is 1.29 bits per heavy atom. The minimum absolute atomic E-state index is 0.301. The SMILES string of the molecule is CCCN(CCC)S(=O)(=O)N1CCC(NC)C1. The molecule has 1 aliphatic rings. The van der Waals surface area contributed by atoms with Gasteiger partial charge in [-0.2, -0.15) is 17.0 Å². The van der Waals surface area contributed by atoms with Gasteiger partial charge < -0.3 is 5.32 Å². The fraction of sp³-hybridized carbons (Fsp3) is 1.00. The Balaban J connectivity index is 2.71. The topological polar surface area (TPSA) is 52.7 Å². The van der Waals surface area contributed by atoms with Gasteiger partial charge in [0.25, 0.3) is 10.2 Å². The summed E-state index contributed by atoms with van der Waals surface area (Å²) in [5.41, 5.74) is 0. The van der Waals surface area contributed by atoms with Gasteiger partial charge in [-0.3, -0.25) is 0 Å². The molecule has 1 saturated heterocycles. The van der Waals surface area contributed by atoms with Gasteiger partial charge in [0.05, 0.1) is 0 Å². The summed E-state index contributed by atoms with van der Waals surface area (Å²) in [7, 11) is -1.36. The lowest BCUT2D eigenvalue weighted by Crippen LogP contribution is -2.44. The Kier molecular flexibility index (Phi) is 5.85. The fourth-order valence-electron chi connectivity index (χ4n) is 2.18. The third-order valence-electron chi connectivity index (χ3n) is 3.16. The van der Waals surface area contributed by atoms with Crippen molar-refractivity contribution < 1.29 is 8.42 Å². The second-order valence-corrected chi connectivity index (χ2v) is 6.47. The van der Waals surface area contributed by atoms with Crippen molar-refractivity contribution in [3.8, 4) is 0 Å². The average Bonchev–Trinajstić information content (AvgIpc) is 2.78. The molecule has 1 atom stereocenters. The minimum atomic E-state index is -3.24. The quantitative estimate of drug-likeness (QED) is 0.733. The fourth-order valence-corrected chi connectivity index (χ4v) is 4.04. The summed E-state index contributed by atoms with van der Waals surface area (Å²) in [5.74, 6) is 0. The highest BCUT2D eigenvalue weighted by molar-refractivity contribution is 7.86. The van der Waals surface area contributed by atoms with Crippen LogP contribution in [0, 0.1) is 0 Å². The van der Waals surface area contributed by atoms with Crippen LogP contribution in [0.1, 0.15) is 33.1 Å². The molecule has 1 unspecified atom stereocenters. The number of likely N-dealkylation sites (N-methyl/N-ethyl adjacent to an activating group) is 1. The van der Waals surface area contributed by atoms with Gasteiger partial charge in [0.2, 0.25) is 0 Å². The molecule has 5 nitrogen and oxygen atoms in total. The molecule has 0 spiro atoms. The monoisotopic (exact) mass is 263 g/mol. The van der Waals surface area contributed by atoms with Crippen LogP contribution in [-0.2, 0) is 10.2 Å². The van der Waals surface area contributed by atoms with E-state index in [1.165, 1.54) is 0 Å². The van der Waals surface area contributed by atoms with E-state index in [2.05, 4.69) is 5.32 Å². The second-order valence-electron chi connectivity index (χ2n) is 4.54. The molecule has 0 aliphatic carbocycles. The normalized spacial score (nSPS) is 22.5. The van der Waals surface area contributed by atoms with Crippen LogP contribution in [-0.4, -0.2) is 56.3 Å². The molecule has 0 aromatic carbocycles. The molecule has 0 bridgehead atoms. The van der Waals surface area contributed by atoms with Gasteiger partial charge in [0, 0.05) is 32.2 Å². The summed E-state index contributed by atoms with van der Waals surface area (Å²) in [6.45, 7) is 6.51. The maximum absolute atomic E-state index is 12.4. The molecule has 1 fully saturated rings. The molecule has 0 aromatic rings. The molecule has 102 valence electrons. The van der Waals surface area contributed by atoms with Gasteiger partial charge in [-0.15, -0.1) is 0 Å². The van der Waals surface area contributed by atoms with Crippen molar-refractivity contribution in [2.24, 2.45) is 0 Å². The van der Waals surface area contributed by atoms with Gasteiger partial charge >= 0.3 is 0 Å². The average molecular weight is 263 g/mol. The second kappa shape index (κ2) is 6.68. The zero-order chi connectivity index (χ0) is 12.9. The summed E-state index contributed by atoms with van der Waals surface area (Å²) >= 11 is 0. The van der Waals surface area contributed by atoms with Gasteiger partial charge in [0.15, 0.2) is 0 Å². The maximum atomic E-state index is 12.4. The van der Waals surface area contributed by atoms with E-state index in [9.17, 15) is 8.42 Å². The number of nitrogens with one attached hydrogen (secondary N) is 1. The van der Waals surface area contributed by atoms with Crippen LogP contribution in [0.15, 0.2) is 0 Å². The first kappa shape index (κ1) is 14.9. The van der Waals surface area contributed by atoms with Crippen LogP contribution in [0.4, 0.5) is 0 Å². The van der Waals surface area contributed by atoms with Crippen molar-refractivity contribution in [2.75, 3.05) is 33.2 Å². The Labute approximate surface area is 105 Å². The predicted octanol–water partition coefficient (Wildman–Crippen LogP) is 0.647. The summed E-state index contributed by atoms with van der Waals surface area (Å²) < 4.78 is 28.0. The van der Waals surface area contributed by atoms with Gasteiger partial charge in [-0.05, 0) is 26.3 Å². The molecule has 1 N–H and O–H groups in total. The molecule has 0 amide bonds. The molecule has 6 heteroatoms. The summed E-state index contributed by atoms with van der Waals surface area (Å²) in [5, 5.41) is 3.14. The molecule has 1 heterocycles. The highest BCUT2D eigenvalue weighted by Gasteiger charge is 2.34. The van der Waals surface area contributed by atoms with Crippen molar-refractivity contribution in [3.05, 3.63) is 0 Å². The van der Waals surface area contributed by atoms with E-state index >= 15 is 0 Å². The van der Waals surface area contributed by atoms with Crippen LogP contribution in [0.25, 0.3) is 0 Å². The standard InChI is InChI=1S/C11H25N3O2S/c1-4-7-13(8-5-2)17(15,16)14-9-6-11(10-14)12-3/h11-12H,4-10H2,1-3H3. The lowest BCUT2D eigenvalue weighted by molar-refractivity contribution is 0.356. The maximum Gasteiger partial charge on any atom is 0.282 e. The van der Waals surface area contributed by atoms with E-state index in [-0.39, 0.29) is 0 Å². The van der Waals surface area contributed by atoms with E-state index in [0.29, 0.717) is 32.2 Å². The van der Waals surface area contributed by atoms with Crippen molar-refractivity contribution >= 4 is 10.2 Å². The first-order chi connectivity index (χ1) is 8.06. The molecule has 17 heavy (non-hydrogen) atoms. The largest absolute Gasteiger partial charge is 0.316 e. The van der Waals surface area contributed by atoms with E-state index in [4.69, 9.17) is 0 Å². The van der Waals surface area contributed by atoms with Crippen molar-refractivity contribution in [2.45, 2.75) is 39.2 Å². The van der Waals surface area contributed by atoms with E-state index in [1.54, 1.807) is 8.61 Å². The Hall–Kier alpha value is -0.170. The Morgan fingerprint density at radius 2 is 1.88 bits per heavy atom. The third kappa shape index (κ3) is 3.64. The first-order valence-corrected chi connectivity index (χ1v) is 7.88. The van der Waals surface area contributed by atoms with E-state index < -0.39 is 10.2 Å². The van der Waals surface area contributed by atoms with Gasteiger partial charge in [-0.25, -0.2) is 0 Å². The molecule has 1 rings (SSSR count). The molecular formula is C11H25N3O2S. The highest BCUT2D eigenvalue weighted by atomic mass is 32.2. The first-order valence-electron chi connectivity index (χ1n) is 6.48. The van der Waals surface area contributed by atoms with Crippen molar-refractivity contribution in [1.29, 1.82) is 0 Å². The zero-order valence-corrected chi connectivity index (χ0v) is 12.0. The van der Waals surface area contributed by atoms with Crippen molar-refractivity contribution in [3.63, 3.8) is 0 Å². The molecule has 0 radical (unpaired) electrons. The van der Waals surface area contributed by atoms with Crippen LogP contribution in [0.2, 0.25) is 0 Å². The summed E-state index contributed by atoms with van der Waals surface area (Å²) in [4.78, 5) is 0. The Morgan fingerprint density at radius 3 is 2.29 bits per heavy atom. The number of nitrogens with zero attached hydrogens (tertiary/aromatic N) is 2. The van der Waals surface area contributed by atoms with E-state index in [0.717, 1.165) is 19.3 Å². The minimum Gasteiger partial charge on any atom is -0.316 e. The highest BCUT2D eigenvalue weighted by Crippen LogP contribution is 2.17. The van der Waals surface area contributed by atoms with Crippen molar-refractivity contribution in [1.82, 2.24) is 13.9 Å². The molecular weight excluding hydrogens is 238 g/mol. The van der Waals surface area contributed by atoms with Gasteiger partial charge in [-0.1, -0.05) is 13.8 Å². The Bertz CT molecular complexity index is 313. The smallest absolute Gasteiger partial charge is 0.282 e. The lowest BCUT2D eigenvalue weighted by Gasteiger charge is -2.26. The molecule has 0 saturated carbocycles. The number of hydrogen-bond donors (Lipinski definition) is 1. The lowest BCUT2D eigenvalue weighted by atomic mass is 10.3. The third-order valence-corrected chi connectivity index (χ3v) is 5.16. The van der Waals surface area contributed by atoms with Gasteiger partial charge in [0.1, 0.15) is 0 Å². The molecule has 1 aliphatic heterocycles. The summed E-state index contributed by atoms with van der Waals surface area (Å²) in [6, 6.07) is 0.301. The van der Waals surface area contributed by atoms with Crippen LogP contribution in [0.5, 0.6) is 0 Å². The van der Waals surface area contributed by atoms with Crippen LogP contribution >= 0.6 is 0 Å². The number of rotatable bonds is 7. The van der Waals surface area contributed by atoms with E-state index in [1.807, 2.05) is 20.9 Å².